The molecule has 0 spiro atoms. The third-order valence-corrected chi connectivity index (χ3v) is 4.38. The third-order valence-electron chi connectivity index (χ3n) is 4.38. The Balaban J connectivity index is 2.07. The van der Waals surface area contributed by atoms with E-state index >= 15 is 0 Å². The zero-order chi connectivity index (χ0) is 15.4. The van der Waals surface area contributed by atoms with E-state index in [0.717, 1.165) is 31.9 Å². The molecule has 0 unspecified atom stereocenters. The first-order chi connectivity index (χ1) is 10.0. The Morgan fingerprint density at radius 2 is 1.95 bits per heavy atom. The van der Waals surface area contributed by atoms with Gasteiger partial charge in [0, 0.05) is 18.2 Å². The molecule has 2 N–H and O–H groups in total. The molecule has 3 atom stereocenters. The highest BCUT2D eigenvalue weighted by atomic mass is 19.1. The Labute approximate surface area is 125 Å². The smallest absolute Gasteiger partial charge is 0.126 e. The van der Waals surface area contributed by atoms with Crippen LogP contribution in [0.5, 0.6) is 0 Å². The molecular formula is C16H24F2N2O. The molecule has 0 bridgehead atoms. The van der Waals surface area contributed by atoms with Gasteiger partial charge in [0.2, 0.25) is 0 Å². The highest BCUT2D eigenvalue weighted by Crippen LogP contribution is 2.21. The molecule has 1 fully saturated rings. The Morgan fingerprint density at radius 1 is 1.29 bits per heavy atom. The summed E-state index contributed by atoms with van der Waals surface area (Å²) in [7, 11) is 3.79. The maximum atomic E-state index is 13.3. The lowest BCUT2D eigenvalue weighted by atomic mass is 9.90. The number of halogens is 2. The summed E-state index contributed by atoms with van der Waals surface area (Å²) in [6, 6.07) is 3.38. The van der Waals surface area contributed by atoms with E-state index in [9.17, 15) is 13.9 Å². The lowest BCUT2D eigenvalue weighted by Gasteiger charge is -2.39. The summed E-state index contributed by atoms with van der Waals surface area (Å²) in [5, 5.41) is 13.7. The third kappa shape index (κ3) is 4.22. The van der Waals surface area contributed by atoms with Crippen molar-refractivity contribution >= 4 is 0 Å². The summed E-state index contributed by atoms with van der Waals surface area (Å²) in [5.74, 6) is -1.16. The highest BCUT2D eigenvalue weighted by Gasteiger charge is 2.31. The van der Waals surface area contributed by atoms with Crippen LogP contribution < -0.4 is 5.32 Å². The Kier molecular flexibility index (Phi) is 5.67. The summed E-state index contributed by atoms with van der Waals surface area (Å²) in [4.78, 5) is 2.17. The van der Waals surface area contributed by atoms with Crippen LogP contribution in [0.2, 0.25) is 0 Å². The molecule has 1 heterocycles. The quantitative estimate of drug-likeness (QED) is 0.872. The second-order valence-electron chi connectivity index (χ2n) is 5.91. The molecule has 2 rings (SSSR count). The van der Waals surface area contributed by atoms with E-state index in [1.54, 1.807) is 7.05 Å². The minimum Gasteiger partial charge on any atom is -0.390 e. The zero-order valence-electron chi connectivity index (χ0n) is 12.6. The Hall–Kier alpha value is -1.04. The summed E-state index contributed by atoms with van der Waals surface area (Å²) >= 11 is 0. The number of piperidine rings is 1. The molecular weight excluding hydrogens is 274 g/mol. The van der Waals surface area contributed by atoms with Gasteiger partial charge in [-0.15, -0.1) is 0 Å². The normalized spacial score (nSPS) is 23.0. The van der Waals surface area contributed by atoms with Gasteiger partial charge in [-0.05, 0) is 57.6 Å². The van der Waals surface area contributed by atoms with Gasteiger partial charge in [-0.25, -0.2) is 8.78 Å². The number of aliphatic hydroxyl groups is 1. The second-order valence-corrected chi connectivity index (χ2v) is 5.91. The molecule has 0 saturated carbocycles. The first-order valence-corrected chi connectivity index (χ1v) is 7.52. The number of aliphatic hydroxyl groups excluding tert-OH is 1. The van der Waals surface area contributed by atoms with E-state index in [2.05, 4.69) is 10.2 Å². The van der Waals surface area contributed by atoms with Gasteiger partial charge in [-0.2, -0.15) is 0 Å². The number of rotatable bonds is 5. The molecule has 1 aromatic carbocycles. The summed E-state index contributed by atoms with van der Waals surface area (Å²) < 4.78 is 26.5. The van der Waals surface area contributed by atoms with Crippen LogP contribution in [0.25, 0.3) is 0 Å². The van der Waals surface area contributed by atoms with Crippen molar-refractivity contribution in [1.29, 1.82) is 0 Å². The van der Waals surface area contributed by atoms with Crippen LogP contribution in [-0.2, 0) is 6.42 Å². The molecule has 0 amide bonds. The van der Waals surface area contributed by atoms with Gasteiger partial charge in [-0.3, -0.25) is 0 Å². The fraction of sp³-hybridized carbons (Fsp3) is 0.625. The number of likely N-dealkylation sites (N-methyl/N-ethyl adjacent to an activating group) is 2. The van der Waals surface area contributed by atoms with Crippen molar-refractivity contribution in [2.45, 2.75) is 43.9 Å². The van der Waals surface area contributed by atoms with Crippen LogP contribution in [0.4, 0.5) is 8.78 Å². The Morgan fingerprint density at radius 3 is 2.52 bits per heavy atom. The molecule has 5 heteroatoms. The van der Waals surface area contributed by atoms with Crippen LogP contribution in [-0.4, -0.2) is 48.8 Å². The monoisotopic (exact) mass is 298 g/mol. The lowest BCUT2D eigenvalue weighted by Crippen LogP contribution is -2.53. The number of hydrogen-bond acceptors (Lipinski definition) is 3. The average Bonchev–Trinajstić information content (AvgIpc) is 2.43. The number of nitrogens with one attached hydrogen (secondary N) is 1. The fourth-order valence-electron chi connectivity index (χ4n) is 3.18. The van der Waals surface area contributed by atoms with Crippen LogP contribution in [0, 0.1) is 11.6 Å². The SMILES string of the molecule is CN[C@@H](Cc1cc(F)cc(F)c1)[C@H](O)[C@H]1CCCCN1C. The van der Waals surface area contributed by atoms with Crippen molar-refractivity contribution in [1.82, 2.24) is 10.2 Å². The molecule has 3 nitrogen and oxygen atoms in total. The van der Waals surface area contributed by atoms with Crippen molar-refractivity contribution in [2.24, 2.45) is 0 Å². The standard InChI is InChI=1S/C16H24F2N2O/c1-19-14(9-11-7-12(17)10-13(18)8-11)16(21)15-5-3-4-6-20(15)2/h7-8,10,14-16,19,21H,3-6,9H2,1-2H3/t14-,15+,16-/m0/s1. The number of likely N-dealkylation sites (tertiary alicyclic amines) is 1. The van der Waals surface area contributed by atoms with E-state index in [1.807, 2.05) is 7.05 Å². The largest absolute Gasteiger partial charge is 0.390 e. The van der Waals surface area contributed by atoms with Gasteiger partial charge >= 0.3 is 0 Å². The molecule has 1 aliphatic rings. The van der Waals surface area contributed by atoms with Crippen molar-refractivity contribution in [3.63, 3.8) is 0 Å². The molecule has 21 heavy (non-hydrogen) atoms. The van der Waals surface area contributed by atoms with E-state index in [1.165, 1.54) is 12.1 Å². The van der Waals surface area contributed by atoms with E-state index in [4.69, 9.17) is 0 Å². The highest BCUT2D eigenvalue weighted by molar-refractivity contribution is 5.19. The van der Waals surface area contributed by atoms with Gasteiger partial charge in [0.05, 0.1) is 6.10 Å². The van der Waals surface area contributed by atoms with Crippen LogP contribution in [0.3, 0.4) is 0 Å². The van der Waals surface area contributed by atoms with Crippen LogP contribution >= 0.6 is 0 Å². The van der Waals surface area contributed by atoms with Gasteiger partial charge in [-0.1, -0.05) is 6.42 Å². The number of hydrogen-bond donors (Lipinski definition) is 2. The van der Waals surface area contributed by atoms with E-state index < -0.39 is 17.7 Å². The molecule has 1 saturated heterocycles. The zero-order valence-corrected chi connectivity index (χ0v) is 12.6. The molecule has 0 radical (unpaired) electrons. The maximum absolute atomic E-state index is 13.3. The molecule has 1 aromatic rings. The predicted molar refractivity (Wildman–Crippen MR) is 79.2 cm³/mol. The maximum Gasteiger partial charge on any atom is 0.126 e. The fourth-order valence-corrected chi connectivity index (χ4v) is 3.18. The van der Waals surface area contributed by atoms with Crippen LogP contribution in [0.1, 0.15) is 24.8 Å². The van der Waals surface area contributed by atoms with Gasteiger partial charge < -0.3 is 15.3 Å². The summed E-state index contributed by atoms with van der Waals surface area (Å²) in [6.07, 6.45) is 3.05. The topological polar surface area (TPSA) is 35.5 Å². The summed E-state index contributed by atoms with van der Waals surface area (Å²) in [6.45, 7) is 0.979. The average molecular weight is 298 g/mol. The van der Waals surface area contributed by atoms with E-state index in [0.29, 0.717) is 12.0 Å². The van der Waals surface area contributed by atoms with Crippen molar-refractivity contribution in [3.05, 3.63) is 35.4 Å². The van der Waals surface area contributed by atoms with Crippen molar-refractivity contribution < 1.29 is 13.9 Å². The molecule has 118 valence electrons. The minimum absolute atomic E-state index is 0.0922. The number of nitrogens with zero attached hydrogens (tertiary/aromatic N) is 1. The van der Waals surface area contributed by atoms with Gasteiger partial charge in [0.1, 0.15) is 11.6 Å². The lowest BCUT2D eigenvalue weighted by molar-refractivity contribution is 0.0182. The molecule has 0 aliphatic carbocycles. The number of benzene rings is 1. The first kappa shape index (κ1) is 16.3. The van der Waals surface area contributed by atoms with Crippen molar-refractivity contribution in [2.75, 3.05) is 20.6 Å². The molecule has 1 aliphatic heterocycles. The van der Waals surface area contributed by atoms with Gasteiger partial charge in [0.25, 0.3) is 0 Å². The van der Waals surface area contributed by atoms with Gasteiger partial charge in [0.15, 0.2) is 0 Å². The summed E-state index contributed by atoms with van der Waals surface area (Å²) in [5.41, 5.74) is 0.560. The van der Waals surface area contributed by atoms with E-state index in [-0.39, 0.29) is 12.1 Å². The first-order valence-electron chi connectivity index (χ1n) is 7.52. The van der Waals surface area contributed by atoms with Crippen LogP contribution in [0.15, 0.2) is 18.2 Å². The van der Waals surface area contributed by atoms with Crippen molar-refractivity contribution in [3.8, 4) is 0 Å². The Bertz CT molecular complexity index is 449. The molecule has 0 aromatic heterocycles. The minimum atomic E-state index is -0.580. The second kappa shape index (κ2) is 7.29. The predicted octanol–water partition coefficient (Wildman–Crippen LogP) is 1.94.